The average molecular weight is 368 g/mol. The van der Waals surface area contributed by atoms with Gasteiger partial charge in [0, 0.05) is 16.8 Å². The van der Waals surface area contributed by atoms with Crippen molar-refractivity contribution in [1.82, 2.24) is 5.32 Å². The molecule has 3 rings (SSSR count). The van der Waals surface area contributed by atoms with Crippen LogP contribution >= 0.6 is 11.6 Å². The Morgan fingerprint density at radius 1 is 1.12 bits per heavy atom. The van der Waals surface area contributed by atoms with Gasteiger partial charge in [0.05, 0.1) is 12.0 Å². The fourth-order valence-electron chi connectivity index (χ4n) is 3.41. The minimum absolute atomic E-state index is 0.208. The van der Waals surface area contributed by atoms with Crippen LogP contribution in [0.25, 0.3) is 0 Å². The van der Waals surface area contributed by atoms with Gasteiger partial charge in [-0.1, -0.05) is 67.3 Å². The van der Waals surface area contributed by atoms with Crippen LogP contribution < -0.4 is 10.6 Å². The average Bonchev–Trinajstić information content (AvgIpc) is 2.65. The number of hydrogen-bond donors (Lipinski definition) is 2. The lowest BCUT2D eigenvalue weighted by atomic mass is 9.92. The van der Waals surface area contributed by atoms with Gasteiger partial charge in [0.2, 0.25) is 0 Å². The summed E-state index contributed by atoms with van der Waals surface area (Å²) in [6.45, 7) is 0. The molecule has 2 amide bonds. The highest BCUT2D eigenvalue weighted by Gasteiger charge is 2.18. The van der Waals surface area contributed by atoms with Crippen LogP contribution in [0, 0.1) is 11.3 Å². The van der Waals surface area contributed by atoms with Crippen molar-refractivity contribution in [3.8, 4) is 6.07 Å². The Labute approximate surface area is 159 Å². The van der Waals surface area contributed by atoms with Gasteiger partial charge >= 0.3 is 6.03 Å². The molecule has 1 aliphatic carbocycles. The van der Waals surface area contributed by atoms with E-state index in [-0.39, 0.29) is 12.1 Å². The number of anilines is 1. The first-order valence-electron chi connectivity index (χ1n) is 8.99. The van der Waals surface area contributed by atoms with Gasteiger partial charge in [-0.15, -0.1) is 0 Å². The number of amides is 2. The molecule has 0 saturated heterocycles. The molecular weight excluding hydrogens is 346 g/mol. The Morgan fingerprint density at radius 3 is 2.50 bits per heavy atom. The van der Waals surface area contributed by atoms with E-state index >= 15 is 0 Å². The van der Waals surface area contributed by atoms with Crippen LogP contribution in [-0.4, -0.2) is 12.1 Å². The van der Waals surface area contributed by atoms with Crippen molar-refractivity contribution in [3.05, 3.63) is 64.7 Å². The molecule has 0 bridgehead atoms. The third kappa shape index (κ3) is 4.56. The molecule has 2 aromatic rings. The summed E-state index contributed by atoms with van der Waals surface area (Å²) in [6.07, 6.45) is 5.65. The quantitative estimate of drug-likeness (QED) is 0.754. The summed E-state index contributed by atoms with van der Waals surface area (Å²) in [4.78, 5) is 12.2. The van der Waals surface area contributed by atoms with E-state index in [2.05, 4.69) is 16.7 Å². The van der Waals surface area contributed by atoms with Crippen molar-refractivity contribution >= 4 is 23.3 Å². The highest BCUT2D eigenvalue weighted by atomic mass is 35.5. The minimum atomic E-state index is -0.436. The predicted molar refractivity (Wildman–Crippen MR) is 104 cm³/mol. The van der Waals surface area contributed by atoms with Crippen LogP contribution in [0.1, 0.15) is 49.1 Å². The number of carbonyl (C=O) groups is 1. The normalized spacial score (nSPS) is 15.7. The fraction of sp³-hybridized carbons (Fsp3) is 0.333. The lowest BCUT2D eigenvalue weighted by Crippen LogP contribution is -2.39. The zero-order chi connectivity index (χ0) is 18.4. The molecule has 4 nitrogen and oxygen atoms in total. The summed E-state index contributed by atoms with van der Waals surface area (Å²) in [5.74, 6) is -0.436. The van der Waals surface area contributed by atoms with E-state index in [1.807, 2.05) is 30.3 Å². The van der Waals surface area contributed by atoms with Gasteiger partial charge in [-0.25, -0.2) is 4.79 Å². The van der Waals surface area contributed by atoms with E-state index in [4.69, 9.17) is 11.6 Å². The van der Waals surface area contributed by atoms with Crippen molar-refractivity contribution < 1.29 is 4.79 Å². The summed E-state index contributed by atoms with van der Waals surface area (Å²) >= 11 is 6.41. The van der Waals surface area contributed by atoms with Gasteiger partial charge in [0.15, 0.2) is 0 Å². The van der Waals surface area contributed by atoms with Crippen molar-refractivity contribution in [2.24, 2.45) is 0 Å². The Kier molecular flexibility index (Phi) is 6.14. The Bertz CT molecular complexity index is 795. The largest absolute Gasteiger partial charge is 0.335 e. The topological polar surface area (TPSA) is 64.9 Å². The van der Waals surface area contributed by atoms with Crippen molar-refractivity contribution in [1.29, 1.82) is 5.26 Å². The zero-order valence-corrected chi connectivity index (χ0v) is 15.3. The monoisotopic (exact) mass is 367 g/mol. The van der Waals surface area contributed by atoms with Gasteiger partial charge in [0.1, 0.15) is 0 Å². The third-order valence-electron chi connectivity index (χ3n) is 4.77. The highest BCUT2D eigenvalue weighted by Crippen LogP contribution is 2.31. The number of nitrogens with zero attached hydrogens (tertiary/aromatic N) is 1. The van der Waals surface area contributed by atoms with Gasteiger partial charge in [0.25, 0.3) is 0 Å². The summed E-state index contributed by atoms with van der Waals surface area (Å²) < 4.78 is 0. The summed E-state index contributed by atoms with van der Waals surface area (Å²) in [5.41, 5.74) is 2.25. The maximum Gasteiger partial charge on any atom is 0.319 e. The lowest BCUT2D eigenvalue weighted by molar-refractivity contribution is 0.244. The molecule has 2 N–H and O–H groups in total. The van der Waals surface area contributed by atoms with E-state index in [1.54, 1.807) is 18.2 Å². The van der Waals surface area contributed by atoms with Crippen molar-refractivity contribution in [3.63, 3.8) is 0 Å². The Hall–Kier alpha value is -2.51. The number of rotatable bonds is 4. The molecule has 0 aliphatic heterocycles. The number of hydrogen-bond acceptors (Lipinski definition) is 2. The zero-order valence-electron chi connectivity index (χ0n) is 14.5. The first-order chi connectivity index (χ1) is 12.7. The molecule has 1 saturated carbocycles. The summed E-state index contributed by atoms with van der Waals surface area (Å²) in [7, 11) is 0. The second kappa shape index (κ2) is 8.73. The second-order valence-corrected chi connectivity index (χ2v) is 7.05. The molecule has 2 aromatic carbocycles. The standard InChI is InChI=1S/C21H22ClN3O/c22-20-13-17(25-21(26)24-16-9-5-2-6-10-16)11-12-18(20)19(14-23)15-7-3-1-4-8-15/h1,3-4,7-8,11-13,16,19H,2,5-6,9-10H2,(H2,24,25,26). The van der Waals surface area contributed by atoms with Gasteiger partial charge in [-0.3, -0.25) is 0 Å². The number of benzene rings is 2. The van der Waals surface area contributed by atoms with Crippen LogP contribution in [0.5, 0.6) is 0 Å². The number of nitrogens with one attached hydrogen (secondary N) is 2. The number of carbonyl (C=O) groups excluding carboxylic acids is 1. The summed E-state index contributed by atoms with van der Waals surface area (Å²) in [6, 6.07) is 17.2. The van der Waals surface area contributed by atoms with Gasteiger partial charge < -0.3 is 10.6 Å². The van der Waals surface area contributed by atoms with E-state index < -0.39 is 5.92 Å². The Morgan fingerprint density at radius 2 is 1.85 bits per heavy atom. The molecule has 0 heterocycles. The predicted octanol–water partition coefficient (Wildman–Crippen LogP) is 5.45. The van der Waals surface area contributed by atoms with Gasteiger partial charge in [-0.2, -0.15) is 5.26 Å². The van der Waals surface area contributed by atoms with E-state index in [0.717, 1.165) is 24.0 Å². The van der Waals surface area contributed by atoms with Crippen LogP contribution in [0.4, 0.5) is 10.5 Å². The SMILES string of the molecule is N#CC(c1ccccc1)c1ccc(NC(=O)NC2CCCCC2)cc1Cl. The maximum atomic E-state index is 12.2. The van der Waals surface area contributed by atoms with Crippen LogP contribution in [-0.2, 0) is 0 Å². The van der Waals surface area contributed by atoms with Gasteiger partial charge in [-0.05, 0) is 36.1 Å². The number of urea groups is 1. The summed E-state index contributed by atoms with van der Waals surface area (Å²) in [5, 5.41) is 15.9. The molecular formula is C21H22ClN3O. The molecule has 1 fully saturated rings. The first kappa shape index (κ1) is 18.3. The second-order valence-electron chi connectivity index (χ2n) is 6.64. The highest BCUT2D eigenvalue weighted by molar-refractivity contribution is 6.31. The molecule has 0 spiro atoms. The Balaban J connectivity index is 1.69. The van der Waals surface area contributed by atoms with Crippen molar-refractivity contribution in [2.45, 2.75) is 44.1 Å². The number of nitriles is 1. The van der Waals surface area contributed by atoms with Crippen LogP contribution in [0.15, 0.2) is 48.5 Å². The molecule has 1 aliphatic rings. The third-order valence-corrected chi connectivity index (χ3v) is 5.10. The smallest absolute Gasteiger partial charge is 0.319 e. The first-order valence-corrected chi connectivity index (χ1v) is 9.36. The molecule has 0 radical (unpaired) electrons. The molecule has 5 heteroatoms. The molecule has 1 atom stereocenters. The van der Waals surface area contributed by atoms with E-state index in [9.17, 15) is 10.1 Å². The number of halogens is 1. The van der Waals surface area contributed by atoms with Crippen LogP contribution in [0.2, 0.25) is 5.02 Å². The minimum Gasteiger partial charge on any atom is -0.335 e. The molecule has 0 aromatic heterocycles. The molecule has 134 valence electrons. The van der Waals surface area contributed by atoms with Crippen molar-refractivity contribution in [2.75, 3.05) is 5.32 Å². The maximum absolute atomic E-state index is 12.2. The lowest BCUT2D eigenvalue weighted by Gasteiger charge is -2.23. The van der Waals surface area contributed by atoms with E-state index in [0.29, 0.717) is 10.7 Å². The fourth-order valence-corrected chi connectivity index (χ4v) is 3.70. The van der Waals surface area contributed by atoms with Crippen LogP contribution in [0.3, 0.4) is 0 Å². The molecule has 1 unspecified atom stereocenters. The molecule has 26 heavy (non-hydrogen) atoms. The van der Waals surface area contributed by atoms with E-state index in [1.165, 1.54) is 19.3 Å².